The lowest BCUT2D eigenvalue weighted by molar-refractivity contribution is -0.113. The highest BCUT2D eigenvalue weighted by atomic mass is 32.2. The fraction of sp³-hybridized carbons (Fsp3) is 0.158. The van der Waals surface area contributed by atoms with Gasteiger partial charge in [-0.25, -0.2) is 9.37 Å². The topological polar surface area (TPSA) is 60.5 Å². The number of hydrogen-bond donors (Lipinski definition) is 1. The highest BCUT2D eigenvalue weighted by molar-refractivity contribution is 8.01. The van der Waals surface area contributed by atoms with E-state index < -0.39 is 0 Å². The smallest absolute Gasteiger partial charge is 0.234 e. The Bertz CT molecular complexity index is 929. The Morgan fingerprint density at radius 2 is 1.96 bits per heavy atom. The molecule has 3 rings (SSSR count). The lowest BCUT2D eigenvalue weighted by Crippen LogP contribution is -2.14. The van der Waals surface area contributed by atoms with Gasteiger partial charge in [0.15, 0.2) is 4.34 Å². The molecule has 1 amide bonds. The van der Waals surface area contributed by atoms with Crippen molar-refractivity contribution >= 4 is 34.7 Å². The van der Waals surface area contributed by atoms with Crippen molar-refractivity contribution in [3.63, 3.8) is 0 Å². The molecule has 0 saturated heterocycles. The first-order valence-corrected chi connectivity index (χ1v) is 9.81. The minimum absolute atomic E-state index is 0.165. The monoisotopic (exact) mass is 404 g/mol. The fourth-order valence-electron chi connectivity index (χ4n) is 2.29. The largest absolute Gasteiger partial charge is 0.497 e. The second kappa shape index (κ2) is 8.88. The lowest BCUT2D eigenvalue weighted by Gasteiger charge is -2.11. The van der Waals surface area contributed by atoms with Gasteiger partial charge in [-0.1, -0.05) is 11.8 Å². The van der Waals surface area contributed by atoms with Gasteiger partial charge in [-0.05, 0) is 36.4 Å². The molecule has 0 aliphatic rings. The van der Waals surface area contributed by atoms with Crippen molar-refractivity contribution in [1.29, 1.82) is 0 Å². The SMILES string of the molecule is COc1ccc(NC(=O)CSc2nc(-c3ccc(F)cc3)cs2)c(OC)c1. The quantitative estimate of drug-likeness (QED) is 0.579. The second-order valence-corrected chi connectivity index (χ2v) is 7.49. The van der Waals surface area contributed by atoms with E-state index in [0.29, 0.717) is 17.2 Å². The Hall–Kier alpha value is -2.58. The summed E-state index contributed by atoms with van der Waals surface area (Å²) in [6.07, 6.45) is 0. The van der Waals surface area contributed by atoms with Crippen molar-refractivity contribution in [3.05, 3.63) is 53.7 Å². The number of amides is 1. The van der Waals surface area contributed by atoms with Crippen LogP contribution in [-0.2, 0) is 4.79 Å². The first-order chi connectivity index (χ1) is 13.1. The van der Waals surface area contributed by atoms with Crippen LogP contribution >= 0.6 is 23.1 Å². The van der Waals surface area contributed by atoms with E-state index in [-0.39, 0.29) is 17.5 Å². The molecule has 5 nitrogen and oxygen atoms in total. The van der Waals surface area contributed by atoms with Gasteiger partial charge in [-0.3, -0.25) is 4.79 Å². The van der Waals surface area contributed by atoms with E-state index in [2.05, 4.69) is 10.3 Å². The highest BCUT2D eigenvalue weighted by Gasteiger charge is 2.11. The number of anilines is 1. The fourth-order valence-corrected chi connectivity index (χ4v) is 3.93. The van der Waals surface area contributed by atoms with Gasteiger partial charge in [0.25, 0.3) is 0 Å². The maximum absolute atomic E-state index is 13.0. The highest BCUT2D eigenvalue weighted by Crippen LogP contribution is 2.31. The number of carbonyl (C=O) groups is 1. The molecule has 0 unspecified atom stereocenters. The third-order valence-electron chi connectivity index (χ3n) is 3.63. The number of nitrogens with zero attached hydrogens (tertiary/aromatic N) is 1. The van der Waals surface area contributed by atoms with E-state index in [9.17, 15) is 9.18 Å². The molecular weight excluding hydrogens is 387 g/mol. The average molecular weight is 404 g/mol. The summed E-state index contributed by atoms with van der Waals surface area (Å²) in [7, 11) is 3.10. The van der Waals surface area contributed by atoms with E-state index in [0.717, 1.165) is 15.6 Å². The van der Waals surface area contributed by atoms with Crippen LogP contribution in [0.5, 0.6) is 11.5 Å². The standard InChI is InChI=1S/C19H17FN2O3S2/c1-24-14-7-8-15(17(9-14)25-2)21-18(23)11-27-19-22-16(10-26-19)12-3-5-13(20)6-4-12/h3-10H,11H2,1-2H3,(H,21,23). The Kier molecular flexibility index (Phi) is 6.31. The summed E-state index contributed by atoms with van der Waals surface area (Å²) in [6.45, 7) is 0. The van der Waals surface area contributed by atoms with Gasteiger partial charge in [0.1, 0.15) is 17.3 Å². The summed E-state index contributed by atoms with van der Waals surface area (Å²) in [5.41, 5.74) is 2.18. The minimum atomic E-state index is -0.283. The van der Waals surface area contributed by atoms with E-state index in [1.165, 1.54) is 42.3 Å². The van der Waals surface area contributed by atoms with Crippen LogP contribution in [-0.4, -0.2) is 30.9 Å². The van der Waals surface area contributed by atoms with Crippen LogP contribution < -0.4 is 14.8 Å². The summed E-state index contributed by atoms with van der Waals surface area (Å²) in [5.74, 6) is 0.943. The van der Waals surface area contributed by atoms with Crippen molar-refractivity contribution in [1.82, 2.24) is 4.98 Å². The molecule has 0 aliphatic carbocycles. The number of carbonyl (C=O) groups excluding carboxylic acids is 1. The molecule has 1 heterocycles. The Balaban J connectivity index is 1.59. The summed E-state index contributed by atoms with van der Waals surface area (Å²) >= 11 is 2.79. The molecule has 140 valence electrons. The molecule has 0 spiro atoms. The van der Waals surface area contributed by atoms with Crippen molar-refractivity contribution in [2.24, 2.45) is 0 Å². The molecular formula is C19H17FN2O3S2. The van der Waals surface area contributed by atoms with Crippen LogP contribution in [0, 0.1) is 5.82 Å². The van der Waals surface area contributed by atoms with Gasteiger partial charge >= 0.3 is 0 Å². The van der Waals surface area contributed by atoms with E-state index >= 15 is 0 Å². The summed E-state index contributed by atoms with van der Waals surface area (Å²) in [4.78, 5) is 16.7. The average Bonchev–Trinajstić information content (AvgIpc) is 3.16. The Morgan fingerprint density at radius 3 is 2.67 bits per heavy atom. The maximum atomic E-state index is 13.0. The molecule has 0 saturated carbocycles. The summed E-state index contributed by atoms with van der Waals surface area (Å²) in [5, 5.41) is 4.71. The molecule has 1 aromatic heterocycles. The molecule has 27 heavy (non-hydrogen) atoms. The Morgan fingerprint density at radius 1 is 1.19 bits per heavy atom. The number of hydrogen-bond acceptors (Lipinski definition) is 6. The number of benzene rings is 2. The van der Waals surface area contributed by atoms with Crippen LogP contribution in [0.3, 0.4) is 0 Å². The van der Waals surface area contributed by atoms with Gasteiger partial charge < -0.3 is 14.8 Å². The molecule has 2 aromatic carbocycles. The van der Waals surface area contributed by atoms with E-state index in [4.69, 9.17) is 9.47 Å². The molecule has 3 aromatic rings. The van der Waals surface area contributed by atoms with Gasteiger partial charge in [-0.2, -0.15) is 0 Å². The summed E-state index contributed by atoms with van der Waals surface area (Å²) in [6, 6.07) is 11.4. The number of aromatic nitrogens is 1. The third-order valence-corrected chi connectivity index (χ3v) is 5.65. The zero-order chi connectivity index (χ0) is 19.2. The molecule has 0 bridgehead atoms. The molecule has 1 N–H and O–H groups in total. The second-order valence-electron chi connectivity index (χ2n) is 5.41. The van der Waals surface area contributed by atoms with E-state index in [1.54, 1.807) is 37.4 Å². The molecule has 8 heteroatoms. The van der Waals surface area contributed by atoms with Crippen molar-refractivity contribution in [2.45, 2.75) is 4.34 Å². The van der Waals surface area contributed by atoms with E-state index in [1.807, 2.05) is 5.38 Å². The normalized spacial score (nSPS) is 10.5. The number of nitrogens with one attached hydrogen (secondary N) is 1. The number of thiazole rings is 1. The van der Waals surface area contributed by atoms with Crippen LogP contribution in [0.15, 0.2) is 52.2 Å². The number of halogens is 1. The molecule has 0 atom stereocenters. The van der Waals surface area contributed by atoms with Crippen LogP contribution in [0.1, 0.15) is 0 Å². The Labute approximate surface area is 164 Å². The van der Waals surface area contributed by atoms with Crippen LogP contribution in [0.4, 0.5) is 10.1 Å². The number of thioether (sulfide) groups is 1. The van der Waals surface area contributed by atoms with Crippen molar-refractivity contribution < 1.29 is 18.7 Å². The predicted molar refractivity (Wildman–Crippen MR) is 106 cm³/mol. The van der Waals surface area contributed by atoms with Gasteiger partial charge in [-0.15, -0.1) is 11.3 Å². The predicted octanol–water partition coefficient (Wildman–Crippen LogP) is 4.70. The summed E-state index contributed by atoms with van der Waals surface area (Å²) < 4.78 is 24.2. The van der Waals surface area contributed by atoms with Crippen LogP contribution in [0.25, 0.3) is 11.3 Å². The first-order valence-electron chi connectivity index (χ1n) is 7.95. The minimum Gasteiger partial charge on any atom is -0.497 e. The third kappa shape index (κ3) is 4.99. The van der Waals surface area contributed by atoms with Gasteiger partial charge in [0.2, 0.25) is 5.91 Å². The van der Waals surface area contributed by atoms with Gasteiger partial charge in [0.05, 0.1) is 31.4 Å². The van der Waals surface area contributed by atoms with Gasteiger partial charge in [0, 0.05) is 17.0 Å². The number of methoxy groups -OCH3 is 2. The van der Waals surface area contributed by atoms with Crippen molar-refractivity contribution in [3.8, 4) is 22.8 Å². The maximum Gasteiger partial charge on any atom is 0.234 e. The molecule has 0 radical (unpaired) electrons. The zero-order valence-electron chi connectivity index (χ0n) is 14.7. The van der Waals surface area contributed by atoms with Crippen molar-refractivity contribution in [2.75, 3.05) is 25.3 Å². The van der Waals surface area contributed by atoms with Crippen LogP contribution in [0.2, 0.25) is 0 Å². The lowest BCUT2D eigenvalue weighted by atomic mass is 10.2. The number of ether oxygens (including phenoxy) is 2. The number of rotatable bonds is 7. The molecule has 0 aliphatic heterocycles. The first kappa shape index (κ1) is 19.2. The molecule has 0 fully saturated rings. The zero-order valence-corrected chi connectivity index (χ0v) is 16.3.